The Balaban J connectivity index is -0.000000136. The maximum atomic E-state index is 3.60. The first-order chi connectivity index (χ1) is 11.9. The molecule has 146 valence electrons. The molecule has 0 aliphatic heterocycles. The summed E-state index contributed by atoms with van der Waals surface area (Å²) in [6.07, 6.45) is 7.06. The van der Waals surface area contributed by atoms with Crippen molar-refractivity contribution in [3.05, 3.63) is 70.8 Å². The van der Waals surface area contributed by atoms with Gasteiger partial charge in [-0.25, -0.2) is 0 Å². The standard InChI is InChI=1S/C10H14.C9H14.3C2H6/c1-4-10-6-5-8(2)9(3)7-10;1-5-6-9(4)7-8(2)3;3*1-2/h5-7H,4H2,1-3H3;5-7H,1H2,2-4H3;3*1-2H3/b;9-6-;;;. The molecular formula is C25H46. The first-order valence-electron chi connectivity index (χ1n) is 9.91. The van der Waals surface area contributed by atoms with Gasteiger partial charge in [0.2, 0.25) is 0 Å². The van der Waals surface area contributed by atoms with E-state index in [0.717, 1.165) is 6.42 Å². The molecule has 0 nitrogen and oxygen atoms in total. The van der Waals surface area contributed by atoms with Crippen molar-refractivity contribution in [3.63, 3.8) is 0 Å². The Morgan fingerprint density at radius 1 is 0.880 bits per heavy atom. The molecule has 1 aromatic rings. The van der Waals surface area contributed by atoms with Gasteiger partial charge in [-0.05, 0) is 57.7 Å². The largest absolute Gasteiger partial charge is 0.0991 e. The van der Waals surface area contributed by atoms with Crippen LogP contribution in [0.4, 0.5) is 0 Å². The molecule has 0 saturated carbocycles. The van der Waals surface area contributed by atoms with Crippen LogP contribution in [-0.2, 0) is 6.42 Å². The summed E-state index contributed by atoms with van der Waals surface area (Å²) in [5, 5.41) is 0. The van der Waals surface area contributed by atoms with E-state index < -0.39 is 0 Å². The van der Waals surface area contributed by atoms with Gasteiger partial charge >= 0.3 is 0 Å². The molecule has 25 heavy (non-hydrogen) atoms. The summed E-state index contributed by atoms with van der Waals surface area (Å²) in [6, 6.07) is 6.64. The van der Waals surface area contributed by atoms with Gasteiger partial charge in [0.25, 0.3) is 0 Å². The molecule has 0 radical (unpaired) electrons. The SMILES string of the molecule is C=C/C=C(/C)C=C(C)C.CC.CC.CC.CCc1ccc(C)c(C)c1. The van der Waals surface area contributed by atoms with Crippen LogP contribution in [0.1, 0.15) is 85.9 Å². The normalized spacial score (nSPS) is 8.56. The third-order valence-corrected chi connectivity index (χ3v) is 2.88. The van der Waals surface area contributed by atoms with Crippen molar-refractivity contribution < 1.29 is 0 Å². The molecule has 0 aliphatic rings. The van der Waals surface area contributed by atoms with Crippen LogP contribution in [0.25, 0.3) is 0 Å². The van der Waals surface area contributed by atoms with E-state index >= 15 is 0 Å². The van der Waals surface area contributed by atoms with Crippen molar-refractivity contribution in [2.24, 2.45) is 0 Å². The highest BCUT2D eigenvalue weighted by molar-refractivity contribution is 5.29. The lowest BCUT2D eigenvalue weighted by molar-refractivity contribution is 1.12. The maximum Gasteiger partial charge on any atom is -0.0307 e. The van der Waals surface area contributed by atoms with Gasteiger partial charge in [0, 0.05) is 0 Å². The van der Waals surface area contributed by atoms with Gasteiger partial charge in [0.1, 0.15) is 0 Å². The van der Waals surface area contributed by atoms with Crippen molar-refractivity contribution in [2.75, 3.05) is 0 Å². The van der Waals surface area contributed by atoms with Crippen LogP contribution in [0.5, 0.6) is 0 Å². The molecule has 0 atom stereocenters. The Bertz CT molecular complexity index is 455. The first-order valence-corrected chi connectivity index (χ1v) is 9.91. The van der Waals surface area contributed by atoms with E-state index in [1.807, 2.05) is 47.6 Å². The van der Waals surface area contributed by atoms with Gasteiger partial charge in [0.05, 0.1) is 0 Å². The van der Waals surface area contributed by atoms with E-state index in [9.17, 15) is 0 Å². The van der Waals surface area contributed by atoms with Crippen molar-refractivity contribution in [3.8, 4) is 0 Å². The van der Waals surface area contributed by atoms with Crippen LogP contribution in [0.2, 0.25) is 0 Å². The van der Waals surface area contributed by atoms with E-state index in [4.69, 9.17) is 0 Å². The minimum Gasteiger partial charge on any atom is -0.0991 e. The van der Waals surface area contributed by atoms with Gasteiger partial charge in [0.15, 0.2) is 0 Å². The number of hydrogen-bond acceptors (Lipinski definition) is 0. The zero-order chi connectivity index (χ0) is 20.8. The Hall–Kier alpha value is -1.56. The van der Waals surface area contributed by atoms with E-state index in [2.05, 4.69) is 72.4 Å². The second-order valence-electron chi connectivity index (χ2n) is 5.14. The second kappa shape index (κ2) is 24.7. The fourth-order valence-corrected chi connectivity index (χ4v) is 1.71. The molecule has 0 heterocycles. The molecular weight excluding hydrogens is 300 g/mol. The summed E-state index contributed by atoms with van der Waals surface area (Å²) in [4.78, 5) is 0. The molecule has 1 rings (SSSR count). The molecule has 0 N–H and O–H groups in total. The molecule has 0 bridgehead atoms. The van der Waals surface area contributed by atoms with E-state index in [1.165, 1.54) is 27.8 Å². The average Bonchev–Trinajstić information content (AvgIpc) is 2.62. The molecule has 0 amide bonds. The summed E-state index contributed by atoms with van der Waals surface area (Å²) in [7, 11) is 0. The molecule has 0 fully saturated rings. The van der Waals surface area contributed by atoms with Crippen LogP contribution in [0.15, 0.2) is 54.2 Å². The molecule has 0 unspecified atom stereocenters. The minimum atomic E-state index is 1.14. The summed E-state index contributed by atoms with van der Waals surface area (Å²) in [5.41, 5.74) is 6.80. The Morgan fingerprint density at radius 2 is 1.36 bits per heavy atom. The Kier molecular flexibility index (Phi) is 30.8. The van der Waals surface area contributed by atoms with Crippen molar-refractivity contribution in [1.82, 2.24) is 0 Å². The quantitative estimate of drug-likeness (QED) is 0.479. The number of aryl methyl sites for hydroxylation is 3. The molecule has 0 saturated heterocycles. The van der Waals surface area contributed by atoms with Gasteiger partial charge in [-0.3, -0.25) is 0 Å². The Morgan fingerprint density at radius 3 is 1.68 bits per heavy atom. The average molecular weight is 347 g/mol. The minimum absolute atomic E-state index is 1.14. The van der Waals surface area contributed by atoms with Crippen molar-refractivity contribution >= 4 is 0 Å². The monoisotopic (exact) mass is 346 g/mol. The highest BCUT2D eigenvalue weighted by atomic mass is 14.0. The number of hydrogen-bond donors (Lipinski definition) is 0. The van der Waals surface area contributed by atoms with E-state index in [1.54, 1.807) is 6.08 Å². The van der Waals surface area contributed by atoms with Crippen molar-refractivity contribution in [1.29, 1.82) is 0 Å². The third-order valence-electron chi connectivity index (χ3n) is 2.88. The number of rotatable bonds is 3. The number of allylic oxidation sites excluding steroid dienone is 5. The van der Waals surface area contributed by atoms with Crippen molar-refractivity contribution in [2.45, 2.75) is 89.5 Å². The van der Waals surface area contributed by atoms with Gasteiger partial charge in [-0.2, -0.15) is 0 Å². The van der Waals surface area contributed by atoms with E-state index in [0.29, 0.717) is 0 Å². The fraction of sp³-hybridized carbons (Fsp3) is 0.520. The molecule has 0 aliphatic carbocycles. The van der Waals surface area contributed by atoms with Crippen LogP contribution in [0.3, 0.4) is 0 Å². The maximum absolute atomic E-state index is 3.60. The summed E-state index contributed by atoms with van der Waals surface area (Å²) >= 11 is 0. The molecule has 0 aromatic heterocycles. The summed E-state index contributed by atoms with van der Waals surface area (Å²) in [5.74, 6) is 0. The molecule has 0 heteroatoms. The Labute approximate surface area is 160 Å². The lowest BCUT2D eigenvalue weighted by atomic mass is 10.1. The fourth-order valence-electron chi connectivity index (χ4n) is 1.71. The third kappa shape index (κ3) is 22.4. The van der Waals surface area contributed by atoms with Gasteiger partial charge < -0.3 is 0 Å². The van der Waals surface area contributed by atoms with Gasteiger partial charge in [-0.1, -0.05) is 103 Å². The zero-order valence-electron chi connectivity index (χ0n) is 19.4. The topological polar surface area (TPSA) is 0 Å². The first kappa shape index (κ1) is 31.2. The predicted molar refractivity (Wildman–Crippen MR) is 123 cm³/mol. The van der Waals surface area contributed by atoms with E-state index in [-0.39, 0.29) is 0 Å². The van der Waals surface area contributed by atoms with Crippen LogP contribution in [0, 0.1) is 13.8 Å². The lowest BCUT2D eigenvalue weighted by Crippen LogP contribution is -1.84. The summed E-state index contributed by atoms with van der Waals surface area (Å²) in [6.45, 7) is 28.3. The summed E-state index contributed by atoms with van der Waals surface area (Å²) < 4.78 is 0. The second-order valence-corrected chi connectivity index (χ2v) is 5.14. The smallest absolute Gasteiger partial charge is 0.0307 e. The van der Waals surface area contributed by atoms with Crippen LogP contribution < -0.4 is 0 Å². The number of benzene rings is 1. The molecule has 0 spiro atoms. The van der Waals surface area contributed by atoms with Gasteiger partial charge in [-0.15, -0.1) is 0 Å². The predicted octanol–water partition coefficient (Wildman–Crippen LogP) is 9.03. The van der Waals surface area contributed by atoms with Crippen LogP contribution >= 0.6 is 0 Å². The van der Waals surface area contributed by atoms with Crippen LogP contribution in [-0.4, -0.2) is 0 Å². The highest BCUT2D eigenvalue weighted by Gasteiger charge is 1.92. The zero-order valence-corrected chi connectivity index (χ0v) is 19.4. The molecule has 1 aromatic carbocycles. The highest BCUT2D eigenvalue weighted by Crippen LogP contribution is 2.09. The lowest BCUT2D eigenvalue weighted by Gasteiger charge is -2.01.